The van der Waals surface area contributed by atoms with Crippen molar-refractivity contribution in [3.8, 4) is 17.3 Å². The molecule has 0 saturated carbocycles. The van der Waals surface area contributed by atoms with Crippen LogP contribution in [0.4, 0.5) is 19.0 Å². The Morgan fingerprint density at radius 1 is 1.09 bits per heavy atom. The number of anilines is 1. The number of carbonyl (C=O) groups is 1. The summed E-state index contributed by atoms with van der Waals surface area (Å²) in [4.78, 5) is 33.1. The molecule has 248 valence electrons. The summed E-state index contributed by atoms with van der Waals surface area (Å²) >= 11 is 0. The first kappa shape index (κ1) is 30.3. The lowest BCUT2D eigenvalue weighted by atomic mass is 9.91. The molecule has 1 N–H and O–H groups in total. The highest BCUT2D eigenvalue weighted by atomic mass is 19.1. The number of aromatic nitrogens is 5. The van der Waals surface area contributed by atoms with Crippen LogP contribution in [0.15, 0.2) is 18.5 Å². The minimum atomic E-state index is -1.64. The van der Waals surface area contributed by atoms with E-state index in [0.717, 1.165) is 42.5 Å². The molecule has 47 heavy (non-hydrogen) atoms. The Kier molecular flexibility index (Phi) is 7.49. The molecule has 6 bridgehead atoms. The molecule has 0 unspecified atom stereocenters. The van der Waals surface area contributed by atoms with E-state index in [4.69, 9.17) is 14.7 Å². The van der Waals surface area contributed by atoms with Gasteiger partial charge in [-0.1, -0.05) is 0 Å². The smallest absolute Gasteiger partial charge is 0.319 e. The first-order valence-corrected chi connectivity index (χ1v) is 16.7. The first-order chi connectivity index (χ1) is 22.7. The standard InChI is InChI=1S/C34H39F3N8O2/c1-19-12-26-23(15-39-42-26)27-22(19)7-3-8-25(36)32(46)43(2)21-6-4-10-44(17-21)31-24-14-38-30(27)28(37)29(24)40-33(41-31)47-18-34-9-5-11-45(34)16-20(35)13-34/h12,14-15,20-21,25H,3-11,13,16-18H2,1-2H3,(H,39,42)/t20-,21-,25+,34+/m1/s1. The van der Waals surface area contributed by atoms with Gasteiger partial charge < -0.3 is 14.5 Å². The van der Waals surface area contributed by atoms with Gasteiger partial charge in [0.2, 0.25) is 0 Å². The number of amides is 1. The number of aromatic amines is 1. The van der Waals surface area contributed by atoms with Crippen LogP contribution in [0.5, 0.6) is 6.01 Å². The first-order valence-electron chi connectivity index (χ1n) is 16.7. The molecule has 0 radical (unpaired) electrons. The number of aryl methyl sites for hydroxylation is 1. The number of benzene rings is 1. The monoisotopic (exact) mass is 648 g/mol. The number of ether oxygens (including phenoxy) is 1. The van der Waals surface area contributed by atoms with E-state index in [0.29, 0.717) is 67.5 Å². The van der Waals surface area contributed by atoms with E-state index in [-0.39, 0.29) is 36.3 Å². The van der Waals surface area contributed by atoms with Crippen LogP contribution in [-0.2, 0) is 11.2 Å². The van der Waals surface area contributed by atoms with Crippen molar-refractivity contribution in [1.82, 2.24) is 34.9 Å². The number of rotatable bonds is 3. The number of fused-ring (bicyclic) bond motifs is 8. The SMILES string of the molecule is Cc1cc2[nH]ncc2c2c1CCC[C@H](F)C(=O)N(C)[C@@H]1CCCN(C1)c1nc(OC[C@@]34CCCN3C[C@H](F)C4)nc3c(F)c-2ncc13. The molecule has 10 nitrogen and oxygen atoms in total. The molecule has 8 heterocycles. The number of pyridine rings is 1. The molecule has 1 amide bonds. The lowest BCUT2D eigenvalue weighted by Gasteiger charge is -2.39. The number of carbonyl (C=O) groups excluding carboxylic acids is 1. The maximum absolute atomic E-state index is 17.1. The van der Waals surface area contributed by atoms with E-state index in [1.165, 1.54) is 4.90 Å². The van der Waals surface area contributed by atoms with E-state index in [2.05, 4.69) is 20.1 Å². The van der Waals surface area contributed by atoms with Crippen LogP contribution >= 0.6 is 0 Å². The van der Waals surface area contributed by atoms with Crippen molar-refractivity contribution >= 4 is 33.5 Å². The van der Waals surface area contributed by atoms with Gasteiger partial charge >= 0.3 is 6.01 Å². The molecule has 3 fully saturated rings. The fourth-order valence-corrected chi connectivity index (χ4v) is 8.46. The summed E-state index contributed by atoms with van der Waals surface area (Å²) in [6.45, 7) is 4.33. The minimum absolute atomic E-state index is 0.0153. The van der Waals surface area contributed by atoms with E-state index in [9.17, 15) is 9.18 Å². The number of piperidine rings is 1. The molecule has 5 aliphatic rings. The number of nitrogens with zero attached hydrogens (tertiary/aromatic N) is 7. The minimum Gasteiger partial charge on any atom is -0.461 e. The fourth-order valence-electron chi connectivity index (χ4n) is 8.46. The van der Waals surface area contributed by atoms with Crippen molar-refractivity contribution in [2.24, 2.45) is 0 Å². The summed E-state index contributed by atoms with van der Waals surface area (Å²) in [6, 6.07) is 1.71. The fraction of sp³-hybridized carbons (Fsp3) is 0.559. The van der Waals surface area contributed by atoms with E-state index in [1.807, 2.05) is 17.9 Å². The highest BCUT2D eigenvalue weighted by molar-refractivity contribution is 5.99. The van der Waals surface area contributed by atoms with Crippen LogP contribution in [0.1, 0.15) is 56.1 Å². The largest absolute Gasteiger partial charge is 0.461 e. The zero-order valence-electron chi connectivity index (χ0n) is 26.7. The molecular formula is C34H39F3N8O2. The Bertz CT molecular complexity index is 1870. The number of H-pyrrole nitrogens is 1. The number of hydrogen-bond acceptors (Lipinski definition) is 8. The zero-order chi connectivity index (χ0) is 32.4. The van der Waals surface area contributed by atoms with Gasteiger partial charge in [0.15, 0.2) is 12.0 Å². The predicted molar refractivity (Wildman–Crippen MR) is 172 cm³/mol. The van der Waals surface area contributed by atoms with Gasteiger partial charge in [0.05, 0.1) is 22.6 Å². The summed E-state index contributed by atoms with van der Waals surface area (Å²) in [6.07, 6.45) is 5.20. The second kappa shape index (κ2) is 11.6. The van der Waals surface area contributed by atoms with Gasteiger partial charge in [-0.3, -0.25) is 19.8 Å². The van der Waals surface area contributed by atoms with Gasteiger partial charge in [-0.25, -0.2) is 13.2 Å². The van der Waals surface area contributed by atoms with Gasteiger partial charge in [0.1, 0.15) is 29.8 Å². The van der Waals surface area contributed by atoms with Crippen LogP contribution in [0, 0.1) is 12.7 Å². The third-order valence-electron chi connectivity index (χ3n) is 10.9. The van der Waals surface area contributed by atoms with Crippen LogP contribution in [-0.4, -0.2) is 105 Å². The molecule has 4 atom stereocenters. The Hall–Kier alpha value is -4.00. The highest BCUT2D eigenvalue weighted by Gasteiger charge is 2.49. The lowest BCUT2D eigenvalue weighted by molar-refractivity contribution is -0.137. The zero-order valence-corrected chi connectivity index (χ0v) is 26.7. The molecule has 3 aromatic heterocycles. The topological polar surface area (TPSA) is 103 Å². The molecule has 13 heteroatoms. The number of likely N-dealkylation sites (N-methyl/N-ethyl adjacent to an activating group) is 1. The summed E-state index contributed by atoms with van der Waals surface area (Å²) in [7, 11) is 1.66. The van der Waals surface area contributed by atoms with Gasteiger partial charge in [0, 0.05) is 56.3 Å². The summed E-state index contributed by atoms with van der Waals surface area (Å²) in [5.41, 5.74) is 2.77. The molecule has 5 aliphatic heterocycles. The van der Waals surface area contributed by atoms with Crippen molar-refractivity contribution in [1.29, 1.82) is 0 Å². The second-order valence-corrected chi connectivity index (χ2v) is 13.8. The quantitative estimate of drug-likeness (QED) is 0.329. The molecule has 4 aromatic rings. The average molecular weight is 649 g/mol. The maximum atomic E-state index is 17.1. The van der Waals surface area contributed by atoms with E-state index < -0.39 is 29.6 Å². The maximum Gasteiger partial charge on any atom is 0.319 e. The summed E-state index contributed by atoms with van der Waals surface area (Å²) < 4.78 is 53.3. The Morgan fingerprint density at radius 2 is 1.96 bits per heavy atom. The lowest BCUT2D eigenvalue weighted by Crippen LogP contribution is -2.50. The van der Waals surface area contributed by atoms with E-state index >= 15 is 8.78 Å². The van der Waals surface area contributed by atoms with Gasteiger partial charge in [-0.2, -0.15) is 15.1 Å². The van der Waals surface area contributed by atoms with Gasteiger partial charge in [-0.15, -0.1) is 0 Å². The highest BCUT2D eigenvalue weighted by Crippen LogP contribution is 2.42. The third kappa shape index (κ3) is 5.08. The third-order valence-corrected chi connectivity index (χ3v) is 10.9. The van der Waals surface area contributed by atoms with Crippen molar-refractivity contribution < 1.29 is 22.7 Å². The van der Waals surface area contributed by atoms with Crippen LogP contribution < -0.4 is 9.64 Å². The normalized spacial score (nSPS) is 26.9. The Labute approximate surface area is 270 Å². The van der Waals surface area contributed by atoms with Crippen molar-refractivity contribution in [3.63, 3.8) is 0 Å². The van der Waals surface area contributed by atoms with Crippen LogP contribution in [0.25, 0.3) is 33.1 Å². The predicted octanol–water partition coefficient (Wildman–Crippen LogP) is 5.07. The summed E-state index contributed by atoms with van der Waals surface area (Å²) in [5.74, 6) is -0.680. The molecular weight excluding hydrogens is 609 g/mol. The number of nitrogens with one attached hydrogen (secondary N) is 1. The van der Waals surface area contributed by atoms with Crippen LogP contribution in [0.3, 0.4) is 0 Å². The van der Waals surface area contributed by atoms with Crippen molar-refractivity contribution in [2.45, 2.75) is 82.2 Å². The Balaban J connectivity index is 1.30. The van der Waals surface area contributed by atoms with Crippen molar-refractivity contribution in [3.05, 3.63) is 35.4 Å². The molecule has 3 saturated heterocycles. The van der Waals surface area contributed by atoms with Crippen molar-refractivity contribution in [2.75, 3.05) is 44.7 Å². The summed E-state index contributed by atoms with van der Waals surface area (Å²) in [5, 5.41) is 8.32. The van der Waals surface area contributed by atoms with Gasteiger partial charge in [0.25, 0.3) is 5.91 Å². The average Bonchev–Trinajstić information content (AvgIpc) is 3.77. The molecule has 0 spiro atoms. The van der Waals surface area contributed by atoms with Gasteiger partial charge in [-0.05, 0) is 75.6 Å². The van der Waals surface area contributed by atoms with E-state index in [1.54, 1.807) is 19.4 Å². The number of hydrogen-bond donors (Lipinski definition) is 1. The van der Waals surface area contributed by atoms with Crippen LogP contribution in [0.2, 0.25) is 0 Å². The molecule has 9 rings (SSSR count). The second-order valence-electron chi connectivity index (χ2n) is 13.8. The Morgan fingerprint density at radius 3 is 2.83 bits per heavy atom. The molecule has 0 aliphatic carbocycles. The molecule has 1 aromatic carbocycles. The number of halogens is 3. The number of alkyl halides is 2.